The molecule has 0 unspecified atom stereocenters. The molecular formula is C14H29ClN2O2S. The molecule has 0 radical (unpaired) electrons. The van der Waals surface area contributed by atoms with E-state index in [1.165, 1.54) is 0 Å². The standard InChI is InChI=1S/C14H29ClN2O2S/c1-4-5-6-9-17(13(2)3)20(18,19)16-10-7-14(12-15)8-11-16/h13-14H,4-12H2,1-3H3. The van der Waals surface area contributed by atoms with Crippen LogP contribution in [0.4, 0.5) is 0 Å². The summed E-state index contributed by atoms with van der Waals surface area (Å²) in [4.78, 5) is 0. The lowest BCUT2D eigenvalue weighted by Gasteiger charge is -2.36. The van der Waals surface area contributed by atoms with Gasteiger partial charge in [-0.3, -0.25) is 0 Å². The number of hydrogen-bond acceptors (Lipinski definition) is 2. The zero-order valence-electron chi connectivity index (χ0n) is 13.0. The van der Waals surface area contributed by atoms with Gasteiger partial charge in [0, 0.05) is 31.6 Å². The molecule has 0 aromatic rings. The van der Waals surface area contributed by atoms with Gasteiger partial charge in [-0.25, -0.2) is 0 Å². The van der Waals surface area contributed by atoms with Crippen molar-refractivity contribution >= 4 is 21.8 Å². The van der Waals surface area contributed by atoms with Gasteiger partial charge in [-0.1, -0.05) is 19.8 Å². The van der Waals surface area contributed by atoms with Crippen LogP contribution < -0.4 is 0 Å². The molecule has 1 fully saturated rings. The minimum absolute atomic E-state index is 0.0163. The summed E-state index contributed by atoms with van der Waals surface area (Å²) in [5, 5.41) is 0. The Labute approximate surface area is 129 Å². The Kier molecular flexibility index (Phi) is 7.80. The van der Waals surface area contributed by atoms with Gasteiger partial charge < -0.3 is 0 Å². The Balaban J connectivity index is 2.68. The van der Waals surface area contributed by atoms with Crippen molar-refractivity contribution in [3.05, 3.63) is 0 Å². The average Bonchev–Trinajstić information content (AvgIpc) is 2.43. The molecule has 0 bridgehead atoms. The van der Waals surface area contributed by atoms with Crippen molar-refractivity contribution in [1.29, 1.82) is 0 Å². The lowest BCUT2D eigenvalue weighted by atomic mass is 10.0. The molecule has 0 aromatic heterocycles. The molecule has 0 saturated carbocycles. The molecule has 6 heteroatoms. The number of alkyl halides is 1. The van der Waals surface area contributed by atoms with Crippen LogP contribution in [-0.2, 0) is 10.2 Å². The van der Waals surface area contributed by atoms with Gasteiger partial charge >= 0.3 is 0 Å². The molecule has 20 heavy (non-hydrogen) atoms. The third-order valence-corrected chi connectivity index (χ3v) is 6.62. The SMILES string of the molecule is CCCCCN(C(C)C)S(=O)(=O)N1CCC(CCl)CC1. The number of rotatable bonds is 8. The fourth-order valence-electron chi connectivity index (χ4n) is 2.60. The molecule has 1 aliphatic rings. The van der Waals surface area contributed by atoms with Crippen LogP contribution >= 0.6 is 11.6 Å². The van der Waals surface area contributed by atoms with Crippen molar-refractivity contribution in [3.8, 4) is 0 Å². The molecule has 0 aromatic carbocycles. The first-order chi connectivity index (χ1) is 9.43. The molecule has 0 aliphatic carbocycles. The van der Waals surface area contributed by atoms with Crippen molar-refractivity contribution in [2.24, 2.45) is 5.92 Å². The highest BCUT2D eigenvalue weighted by Crippen LogP contribution is 2.23. The van der Waals surface area contributed by atoms with E-state index < -0.39 is 10.2 Å². The Morgan fingerprint density at radius 3 is 2.30 bits per heavy atom. The normalized spacial score (nSPS) is 19.1. The van der Waals surface area contributed by atoms with Crippen molar-refractivity contribution in [2.75, 3.05) is 25.5 Å². The summed E-state index contributed by atoms with van der Waals surface area (Å²) in [6.07, 6.45) is 4.87. The van der Waals surface area contributed by atoms with Gasteiger partial charge in [-0.2, -0.15) is 17.0 Å². The molecule has 0 N–H and O–H groups in total. The van der Waals surface area contributed by atoms with Crippen LogP contribution in [0.1, 0.15) is 52.9 Å². The maximum Gasteiger partial charge on any atom is 0.282 e. The monoisotopic (exact) mass is 324 g/mol. The first kappa shape index (κ1) is 18.2. The van der Waals surface area contributed by atoms with Crippen molar-refractivity contribution in [2.45, 2.75) is 58.9 Å². The summed E-state index contributed by atoms with van der Waals surface area (Å²) >= 11 is 5.86. The van der Waals surface area contributed by atoms with Crippen LogP contribution in [0.2, 0.25) is 0 Å². The zero-order valence-corrected chi connectivity index (χ0v) is 14.6. The van der Waals surface area contributed by atoms with Crippen LogP contribution in [0.3, 0.4) is 0 Å². The predicted octanol–water partition coefficient (Wildman–Crippen LogP) is 3.08. The van der Waals surface area contributed by atoms with Crippen molar-refractivity contribution in [3.63, 3.8) is 0 Å². The maximum absolute atomic E-state index is 12.7. The fraction of sp³-hybridized carbons (Fsp3) is 1.00. The molecule has 1 rings (SSSR count). The topological polar surface area (TPSA) is 40.6 Å². The summed E-state index contributed by atoms with van der Waals surface area (Å²) < 4.78 is 28.8. The van der Waals surface area contributed by atoms with E-state index in [4.69, 9.17) is 11.6 Å². The summed E-state index contributed by atoms with van der Waals surface area (Å²) in [5.41, 5.74) is 0. The van der Waals surface area contributed by atoms with Crippen LogP contribution in [0.25, 0.3) is 0 Å². The first-order valence-electron chi connectivity index (χ1n) is 7.76. The van der Waals surface area contributed by atoms with E-state index >= 15 is 0 Å². The molecule has 0 spiro atoms. The van der Waals surface area contributed by atoms with Gasteiger partial charge in [0.15, 0.2) is 0 Å². The quantitative estimate of drug-likeness (QED) is 0.508. The zero-order chi connectivity index (χ0) is 15.2. The first-order valence-corrected chi connectivity index (χ1v) is 9.69. The second-order valence-electron chi connectivity index (χ2n) is 5.92. The highest BCUT2D eigenvalue weighted by molar-refractivity contribution is 7.86. The van der Waals surface area contributed by atoms with E-state index in [2.05, 4.69) is 6.92 Å². The second-order valence-corrected chi connectivity index (χ2v) is 8.11. The molecule has 120 valence electrons. The molecule has 1 saturated heterocycles. The van der Waals surface area contributed by atoms with E-state index in [-0.39, 0.29) is 6.04 Å². The van der Waals surface area contributed by atoms with Crippen LogP contribution in [-0.4, -0.2) is 48.6 Å². The summed E-state index contributed by atoms with van der Waals surface area (Å²) in [6, 6.07) is 0.0163. The van der Waals surface area contributed by atoms with Crippen LogP contribution in [0.15, 0.2) is 0 Å². The van der Waals surface area contributed by atoms with Crippen LogP contribution in [0.5, 0.6) is 0 Å². The summed E-state index contributed by atoms with van der Waals surface area (Å²) in [5.74, 6) is 1.11. The number of piperidine rings is 1. The van der Waals surface area contributed by atoms with Gasteiger partial charge in [0.2, 0.25) is 0 Å². The van der Waals surface area contributed by atoms with Crippen molar-refractivity contribution < 1.29 is 8.42 Å². The van der Waals surface area contributed by atoms with Gasteiger partial charge in [0.25, 0.3) is 10.2 Å². The van der Waals surface area contributed by atoms with Crippen LogP contribution in [0, 0.1) is 5.92 Å². The highest BCUT2D eigenvalue weighted by Gasteiger charge is 2.33. The number of nitrogens with zero attached hydrogens (tertiary/aromatic N) is 2. The fourth-order valence-corrected chi connectivity index (χ4v) is 4.77. The lowest BCUT2D eigenvalue weighted by Crippen LogP contribution is -2.49. The van der Waals surface area contributed by atoms with Gasteiger partial charge in [0.1, 0.15) is 0 Å². The van der Waals surface area contributed by atoms with E-state index in [0.717, 1.165) is 32.1 Å². The Morgan fingerprint density at radius 1 is 1.25 bits per heavy atom. The number of unbranched alkanes of at least 4 members (excludes halogenated alkanes) is 2. The third-order valence-electron chi connectivity index (χ3n) is 3.97. The average molecular weight is 325 g/mol. The largest absolute Gasteiger partial charge is 0.282 e. The third kappa shape index (κ3) is 4.86. The second kappa shape index (κ2) is 8.57. The van der Waals surface area contributed by atoms with Gasteiger partial charge in [-0.05, 0) is 39.0 Å². The van der Waals surface area contributed by atoms with E-state index in [0.29, 0.717) is 31.4 Å². The molecule has 0 amide bonds. The van der Waals surface area contributed by atoms with E-state index in [9.17, 15) is 8.42 Å². The molecular weight excluding hydrogens is 296 g/mol. The van der Waals surface area contributed by atoms with Gasteiger partial charge in [-0.15, -0.1) is 11.6 Å². The summed E-state index contributed by atoms with van der Waals surface area (Å²) in [7, 11) is -3.31. The predicted molar refractivity (Wildman–Crippen MR) is 85.3 cm³/mol. The number of halogens is 1. The Hall–Kier alpha value is 0.160. The summed E-state index contributed by atoms with van der Waals surface area (Å²) in [6.45, 7) is 7.88. The molecule has 4 nitrogen and oxygen atoms in total. The van der Waals surface area contributed by atoms with E-state index in [1.54, 1.807) is 8.61 Å². The Bertz CT molecular complexity index is 365. The maximum atomic E-state index is 12.7. The minimum atomic E-state index is -3.31. The smallest absolute Gasteiger partial charge is 0.195 e. The van der Waals surface area contributed by atoms with Crippen molar-refractivity contribution in [1.82, 2.24) is 8.61 Å². The number of hydrogen-bond donors (Lipinski definition) is 0. The van der Waals surface area contributed by atoms with E-state index in [1.807, 2.05) is 13.8 Å². The minimum Gasteiger partial charge on any atom is -0.195 e. The highest BCUT2D eigenvalue weighted by atomic mass is 35.5. The Morgan fingerprint density at radius 2 is 1.85 bits per heavy atom. The van der Waals surface area contributed by atoms with Gasteiger partial charge in [0.05, 0.1) is 0 Å². The lowest BCUT2D eigenvalue weighted by molar-refractivity contribution is 0.252. The molecule has 1 aliphatic heterocycles. The molecule has 1 heterocycles. The molecule has 0 atom stereocenters.